The van der Waals surface area contributed by atoms with Crippen molar-refractivity contribution in [3.63, 3.8) is 0 Å². The van der Waals surface area contributed by atoms with Crippen LogP contribution in [-0.4, -0.2) is 33.4 Å². The Bertz CT molecular complexity index is 407. The molecule has 0 radical (unpaired) electrons. The van der Waals surface area contributed by atoms with Crippen molar-refractivity contribution in [3.8, 4) is 0 Å². The smallest absolute Gasteiger partial charge is 0.274 e. The first-order valence-corrected chi connectivity index (χ1v) is 6.07. The zero-order valence-corrected chi connectivity index (χ0v) is 10.1. The van der Waals surface area contributed by atoms with E-state index in [1.807, 2.05) is 4.90 Å². The molecule has 1 aromatic heterocycles. The van der Waals surface area contributed by atoms with Gasteiger partial charge in [0.15, 0.2) is 0 Å². The highest BCUT2D eigenvalue weighted by atomic mass is 16.2. The molecule has 0 saturated carbocycles. The van der Waals surface area contributed by atoms with Crippen LogP contribution in [0.2, 0.25) is 0 Å². The lowest BCUT2D eigenvalue weighted by Crippen LogP contribution is -2.38. The minimum atomic E-state index is -0.0563. The molecular formula is C12H18N4O. The third-order valence-corrected chi connectivity index (χ3v) is 3.19. The second-order valence-electron chi connectivity index (χ2n) is 4.53. The number of likely N-dealkylation sites (tertiary alicyclic amines) is 1. The van der Waals surface area contributed by atoms with Crippen molar-refractivity contribution in [1.29, 1.82) is 0 Å². The maximum atomic E-state index is 12.3. The summed E-state index contributed by atoms with van der Waals surface area (Å²) in [5, 5.41) is 0. The molecule has 92 valence electrons. The van der Waals surface area contributed by atoms with Crippen molar-refractivity contribution in [2.75, 3.05) is 12.3 Å². The van der Waals surface area contributed by atoms with Gasteiger partial charge in [0.1, 0.15) is 11.5 Å². The van der Waals surface area contributed by atoms with E-state index in [4.69, 9.17) is 5.73 Å². The molecule has 2 N–H and O–H groups in total. The maximum absolute atomic E-state index is 12.3. The average Bonchev–Trinajstić information content (AvgIpc) is 2.53. The third-order valence-electron chi connectivity index (χ3n) is 3.19. The average molecular weight is 234 g/mol. The highest BCUT2D eigenvalue weighted by Gasteiger charge is 2.24. The van der Waals surface area contributed by atoms with Gasteiger partial charge in [0.05, 0.1) is 12.4 Å². The lowest BCUT2D eigenvalue weighted by molar-refractivity contribution is 0.0691. The Morgan fingerprint density at radius 1 is 1.41 bits per heavy atom. The molecular weight excluding hydrogens is 216 g/mol. The number of nitrogen functional groups attached to an aromatic ring is 1. The molecule has 1 atom stereocenters. The van der Waals surface area contributed by atoms with Crippen LogP contribution in [0.3, 0.4) is 0 Å². The van der Waals surface area contributed by atoms with Crippen LogP contribution in [0, 0.1) is 0 Å². The first-order valence-electron chi connectivity index (χ1n) is 6.07. The van der Waals surface area contributed by atoms with E-state index in [9.17, 15) is 4.79 Å². The minimum absolute atomic E-state index is 0.0563. The number of amides is 1. The fourth-order valence-corrected chi connectivity index (χ4v) is 2.21. The number of carbonyl (C=O) groups is 1. The summed E-state index contributed by atoms with van der Waals surface area (Å²) in [5.74, 6) is 0.234. The van der Waals surface area contributed by atoms with Crippen molar-refractivity contribution in [1.82, 2.24) is 14.9 Å². The first-order chi connectivity index (χ1) is 8.18. The molecule has 5 nitrogen and oxygen atoms in total. The van der Waals surface area contributed by atoms with E-state index in [0.717, 1.165) is 19.4 Å². The second kappa shape index (κ2) is 5.12. The molecule has 1 fully saturated rings. The highest BCUT2D eigenvalue weighted by Crippen LogP contribution is 2.18. The van der Waals surface area contributed by atoms with Crippen molar-refractivity contribution in [2.45, 2.75) is 38.6 Å². The van der Waals surface area contributed by atoms with Crippen LogP contribution in [0.5, 0.6) is 0 Å². The van der Waals surface area contributed by atoms with Crippen molar-refractivity contribution >= 4 is 11.7 Å². The molecule has 2 rings (SSSR count). The summed E-state index contributed by atoms with van der Waals surface area (Å²) in [7, 11) is 0. The predicted molar refractivity (Wildman–Crippen MR) is 65.4 cm³/mol. The van der Waals surface area contributed by atoms with Gasteiger partial charge >= 0.3 is 0 Å². The number of rotatable bonds is 1. The van der Waals surface area contributed by atoms with Gasteiger partial charge in [-0.2, -0.15) is 0 Å². The Morgan fingerprint density at radius 3 is 3.00 bits per heavy atom. The molecule has 1 amide bonds. The summed E-state index contributed by atoms with van der Waals surface area (Å²) in [5.41, 5.74) is 5.89. The van der Waals surface area contributed by atoms with Gasteiger partial charge in [-0.15, -0.1) is 0 Å². The highest BCUT2D eigenvalue weighted by molar-refractivity contribution is 5.92. The zero-order chi connectivity index (χ0) is 12.3. The molecule has 17 heavy (non-hydrogen) atoms. The van der Waals surface area contributed by atoms with Gasteiger partial charge in [-0.3, -0.25) is 9.78 Å². The second-order valence-corrected chi connectivity index (χ2v) is 4.53. The summed E-state index contributed by atoms with van der Waals surface area (Å²) < 4.78 is 0. The molecule has 0 aliphatic carbocycles. The van der Waals surface area contributed by atoms with E-state index < -0.39 is 0 Å². The standard InChI is InChI=1S/C12H18N4O/c1-9-5-3-2-4-6-16(9)12(17)10-7-14-8-11(13)15-10/h7-9H,2-6H2,1H3,(H2,13,15). The van der Waals surface area contributed by atoms with Crippen molar-refractivity contribution in [3.05, 3.63) is 18.1 Å². The molecule has 0 spiro atoms. The lowest BCUT2D eigenvalue weighted by Gasteiger charge is -2.26. The Balaban J connectivity index is 2.18. The topological polar surface area (TPSA) is 72.1 Å². The van der Waals surface area contributed by atoms with Crippen LogP contribution in [-0.2, 0) is 0 Å². The number of anilines is 1. The minimum Gasteiger partial charge on any atom is -0.382 e. The Labute approximate surface area is 101 Å². The van der Waals surface area contributed by atoms with Crippen LogP contribution in [0.1, 0.15) is 43.1 Å². The SMILES string of the molecule is CC1CCCCCN1C(=O)c1cncc(N)n1. The maximum Gasteiger partial charge on any atom is 0.274 e. The molecule has 1 aliphatic heterocycles. The number of nitrogens with zero attached hydrogens (tertiary/aromatic N) is 3. The molecule has 2 heterocycles. The molecule has 0 aromatic carbocycles. The summed E-state index contributed by atoms with van der Waals surface area (Å²) in [6.45, 7) is 2.89. The summed E-state index contributed by atoms with van der Waals surface area (Å²) in [6.07, 6.45) is 7.43. The number of hydrogen-bond acceptors (Lipinski definition) is 4. The van der Waals surface area contributed by atoms with Crippen LogP contribution in [0.15, 0.2) is 12.4 Å². The molecule has 1 saturated heterocycles. The molecule has 1 aromatic rings. The quantitative estimate of drug-likeness (QED) is 0.798. The normalized spacial score (nSPS) is 21.0. The van der Waals surface area contributed by atoms with Crippen LogP contribution in [0.25, 0.3) is 0 Å². The van der Waals surface area contributed by atoms with E-state index in [0.29, 0.717) is 11.5 Å². The van der Waals surface area contributed by atoms with Gasteiger partial charge in [-0.1, -0.05) is 12.8 Å². The third kappa shape index (κ3) is 2.72. The molecule has 0 bridgehead atoms. The van der Waals surface area contributed by atoms with Gasteiger partial charge in [-0.05, 0) is 19.8 Å². The van der Waals surface area contributed by atoms with E-state index in [1.54, 1.807) is 0 Å². The Kier molecular flexibility index (Phi) is 3.56. The summed E-state index contributed by atoms with van der Waals surface area (Å²) in [6, 6.07) is 0.272. The first kappa shape index (κ1) is 11.8. The fraction of sp³-hybridized carbons (Fsp3) is 0.583. The van der Waals surface area contributed by atoms with E-state index in [2.05, 4.69) is 16.9 Å². The van der Waals surface area contributed by atoms with Gasteiger partial charge in [0.2, 0.25) is 0 Å². The fourth-order valence-electron chi connectivity index (χ4n) is 2.21. The van der Waals surface area contributed by atoms with Crippen LogP contribution < -0.4 is 5.73 Å². The Hall–Kier alpha value is -1.65. The van der Waals surface area contributed by atoms with Gasteiger partial charge < -0.3 is 10.6 Å². The molecule has 1 unspecified atom stereocenters. The molecule has 1 aliphatic rings. The zero-order valence-electron chi connectivity index (χ0n) is 10.1. The number of carbonyl (C=O) groups excluding carboxylic acids is 1. The van der Waals surface area contributed by atoms with Crippen molar-refractivity contribution in [2.24, 2.45) is 0 Å². The molecule has 5 heteroatoms. The predicted octanol–water partition coefficient (Wildman–Crippen LogP) is 1.46. The van der Waals surface area contributed by atoms with Gasteiger partial charge in [0.25, 0.3) is 5.91 Å². The summed E-state index contributed by atoms with van der Waals surface area (Å²) in [4.78, 5) is 22.1. The van der Waals surface area contributed by atoms with E-state index in [-0.39, 0.29) is 11.9 Å². The summed E-state index contributed by atoms with van der Waals surface area (Å²) >= 11 is 0. The van der Waals surface area contributed by atoms with Crippen molar-refractivity contribution < 1.29 is 4.79 Å². The number of hydrogen-bond donors (Lipinski definition) is 1. The van der Waals surface area contributed by atoms with E-state index in [1.165, 1.54) is 25.2 Å². The monoisotopic (exact) mass is 234 g/mol. The van der Waals surface area contributed by atoms with Crippen LogP contribution >= 0.6 is 0 Å². The number of aromatic nitrogens is 2. The van der Waals surface area contributed by atoms with E-state index >= 15 is 0 Å². The number of nitrogens with two attached hydrogens (primary N) is 1. The Morgan fingerprint density at radius 2 is 2.24 bits per heavy atom. The van der Waals surface area contributed by atoms with Crippen LogP contribution in [0.4, 0.5) is 5.82 Å². The largest absolute Gasteiger partial charge is 0.382 e. The van der Waals surface area contributed by atoms with Gasteiger partial charge in [0, 0.05) is 12.6 Å². The van der Waals surface area contributed by atoms with Gasteiger partial charge in [-0.25, -0.2) is 4.98 Å². The lowest BCUT2D eigenvalue weighted by atomic mass is 10.1.